The molecule has 1 heterocycles. The standard InChI is InChI=1S/C13H12ClNO3S/c14-7-10(16)8-15-12(17)11(19-13(15)18)6-9-4-2-1-3-5-9/h1-6,10,16H,7-8H2/b11-6-/t10-/m1/s1. The van der Waals surface area contributed by atoms with Crippen LogP contribution in [-0.2, 0) is 4.79 Å². The Morgan fingerprint density at radius 1 is 1.32 bits per heavy atom. The SMILES string of the molecule is O=C1S/C(=C\c2ccccc2)C(=O)N1C[C@H](O)CCl. The second-order valence-corrected chi connectivity index (χ2v) is 5.31. The first kappa shape index (κ1) is 14.1. The summed E-state index contributed by atoms with van der Waals surface area (Å²) in [4.78, 5) is 25.1. The normalized spacial score (nSPS) is 19.3. The Morgan fingerprint density at radius 2 is 2.00 bits per heavy atom. The Balaban J connectivity index is 2.16. The van der Waals surface area contributed by atoms with Crippen LogP contribution in [0.15, 0.2) is 35.2 Å². The van der Waals surface area contributed by atoms with Gasteiger partial charge in [0.1, 0.15) is 0 Å². The third kappa shape index (κ3) is 3.37. The van der Waals surface area contributed by atoms with Gasteiger partial charge in [-0.3, -0.25) is 14.5 Å². The van der Waals surface area contributed by atoms with E-state index in [0.717, 1.165) is 22.2 Å². The molecule has 2 rings (SSSR count). The molecule has 0 spiro atoms. The number of thioether (sulfide) groups is 1. The van der Waals surface area contributed by atoms with Crippen molar-refractivity contribution < 1.29 is 14.7 Å². The highest BCUT2D eigenvalue weighted by molar-refractivity contribution is 8.18. The largest absolute Gasteiger partial charge is 0.390 e. The minimum absolute atomic E-state index is 0.0144. The molecule has 0 aliphatic carbocycles. The topological polar surface area (TPSA) is 57.6 Å². The molecule has 1 aliphatic rings. The molecule has 1 N–H and O–H groups in total. The molecule has 1 saturated heterocycles. The van der Waals surface area contributed by atoms with Crippen molar-refractivity contribution in [2.45, 2.75) is 6.10 Å². The van der Waals surface area contributed by atoms with Crippen LogP contribution in [0, 0.1) is 0 Å². The average Bonchev–Trinajstić information content (AvgIpc) is 2.67. The van der Waals surface area contributed by atoms with E-state index < -0.39 is 6.10 Å². The number of imide groups is 1. The van der Waals surface area contributed by atoms with E-state index in [1.807, 2.05) is 30.3 Å². The number of benzene rings is 1. The Bertz CT molecular complexity index is 518. The van der Waals surface area contributed by atoms with Crippen molar-refractivity contribution in [2.24, 2.45) is 0 Å². The number of amides is 2. The minimum atomic E-state index is -0.897. The molecule has 2 amide bonds. The third-order valence-electron chi connectivity index (χ3n) is 2.54. The fraction of sp³-hybridized carbons (Fsp3) is 0.231. The summed E-state index contributed by atoms with van der Waals surface area (Å²) >= 11 is 6.34. The number of carbonyl (C=O) groups excluding carboxylic acids is 2. The smallest absolute Gasteiger partial charge is 0.293 e. The molecule has 1 atom stereocenters. The number of nitrogens with zero attached hydrogens (tertiary/aromatic N) is 1. The number of alkyl halides is 1. The molecule has 0 unspecified atom stereocenters. The molecule has 4 nitrogen and oxygen atoms in total. The van der Waals surface area contributed by atoms with Gasteiger partial charge in [0.15, 0.2) is 0 Å². The van der Waals surface area contributed by atoms with Gasteiger partial charge in [-0.05, 0) is 23.4 Å². The van der Waals surface area contributed by atoms with Gasteiger partial charge < -0.3 is 5.11 Å². The Morgan fingerprint density at radius 3 is 2.63 bits per heavy atom. The number of aliphatic hydroxyl groups is 1. The molecule has 1 aromatic rings. The second-order valence-electron chi connectivity index (χ2n) is 4.01. The number of hydrogen-bond acceptors (Lipinski definition) is 4. The van der Waals surface area contributed by atoms with Crippen molar-refractivity contribution >= 4 is 40.6 Å². The Labute approximate surface area is 120 Å². The van der Waals surface area contributed by atoms with Crippen LogP contribution in [0.4, 0.5) is 4.79 Å². The third-order valence-corrected chi connectivity index (χ3v) is 3.81. The van der Waals surface area contributed by atoms with E-state index in [4.69, 9.17) is 11.6 Å². The summed E-state index contributed by atoms with van der Waals surface area (Å²) in [7, 11) is 0. The van der Waals surface area contributed by atoms with E-state index in [9.17, 15) is 14.7 Å². The van der Waals surface area contributed by atoms with Gasteiger partial charge in [0.25, 0.3) is 11.1 Å². The van der Waals surface area contributed by atoms with Crippen LogP contribution >= 0.6 is 23.4 Å². The molecule has 0 saturated carbocycles. The molecule has 1 aliphatic heterocycles. The van der Waals surface area contributed by atoms with E-state index >= 15 is 0 Å². The van der Waals surface area contributed by atoms with Crippen LogP contribution < -0.4 is 0 Å². The molecule has 1 aromatic carbocycles. The van der Waals surface area contributed by atoms with Crippen LogP contribution in [0.3, 0.4) is 0 Å². The quantitative estimate of drug-likeness (QED) is 0.684. The number of rotatable bonds is 4. The first-order valence-corrected chi connectivity index (χ1v) is 7.01. The lowest BCUT2D eigenvalue weighted by Crippen LogP contribution is -2.36. The number of β-amino-alcohol motifs (C(OH)–C–C–N with tert-alkyl or cyclic N) is 1. The number of carbonyl (C=O) groups is 2. The lowest BCUT2D eigenvalue weighted by molar-refractivity contribution is -0.123. The van der Waals surface area contributed by atoms with E-state index in [-0.39, 0.29) is 23.6 Å². The fourth-order valence-electron chi connectivity index (χ4n) is 1.62. The fourth-order valence-corrected chi connectivity index (χ4v) is 2.56. The summed E-state index contributed by atoms with van der Waals surface area (Å²) in [6.45, 7) is -0.0692. The molecule has 6 heteroatoms. The highest BCUT2D eigenvalue weighted by Gasteiger charge is 2.35. The predicted octanol–water partition coefficient (Wildman–Crippen LogP) is 2.32. The van der Waals surface area contributed by atoms with E-state index in [1.54, 1.807) is 6.08 Å². The summed E-state index contributed by atoms with van der Waals surface area (Å²) in [6, 6.07) is 9.28. The van der Waals surface area contributed by atoms with Crippen LogP contribution in [0.2, 0.25) is 0 Å². The second kappa shape index (κ2) is 6.23. The van der Waals surface area contributed by atoms with Crippen molar-refractivity contribution in [3.05, 3.63) is 40.8 Å². The molecule has 1 fully saturated rings. The summed E-state index contributed by atoms with van der Waals surface area (Å²) < 4.78 is 0. The molecule has 0 aromatic heterocycles. The van der Waals surface area contributed by atoms with Gasteiger partial charge in [0.05, 0.1) is 23.4 Å². The Kier molecular flexibility index (Phi) is 4.63. The zero-order valence-corrected chi connectivity index (χ0v) is 11.5. The van der Waals surface area contributed by atoms with Crippen molar-refractivity contribution in [2.75, 3.05) is 12.4 Å². The van der Waals surface area contributed by atoms with Crippen molar-refractivity contribution in [1.82, 2.24) is 4.90 Å². The minimum Gasteiger partial charge on any atom is -0.390 e. The van der Waals surface area contributed by atoms with Gasteiger partial charge in [0, 0.05) is 0 Å². The molecule has 0 bridgehead atoms. The molecule has 0 radical (unpaired) electrons. The predicted molar refractivity (Wildman–Crippen MR) is 75.8 cm³/mol. The summed E-state index contributed by atoms with van der Waals surface area (Å²) in [5.41, 5.74) is 0.853. The lowest BCUT2D eigenvalue weighted by atomic mass is 10.2. The number of aliphatic hydroxyl groups excluding tert-OH is 1. The average molecular weight is 298 g/mol. The molecule has 19 heavy (non-hydrogen) atoms. The van der Waals surface area contributed by atoms with E-state index in [0.29, 0.717) is 4.91 Å². The Hall–Kier alpha value is -1.30. The highest BCUT2D eigenvalue weighted by Crippen LogP contribution is 2.32. The van der Waals surface area contributed by atoms with Gasteiger partial charge >= 0.3 is 0 Å². The summed E-state index contributed by atoms with van der Waals surface area (Å²) in [5, 5.41) is 9.04. The van der Waals surface area contributed by atoms with Gasteiger partial charge in [0.2, 0.25) is 0 Å². The van der Waals surface area contributed by atoms with Crippen molar-refractivity contribution in [1.29, 1.82) is 0 Å². The zero-order valence-electron chi connectivity index (χ0n) is 9.95. The zero-order chi connectivity index (χ0) is 13.8. The molecular weight excluding hydrogens is 286 g/mol. The maximum atomic E-state index is 12.0. The lowest BCUT2D eigenvalue weighted by Gasteiger charge is -2.15. The van der Waals surface area contributed by atoms with E-state index in [1.165, 1.54) is 0 Å². The summed E-state index contributed by atoms with van der Waals surface area (Å²) in [6.07, 6.45) is 0.768. The monoisotopic (exact) mass is 297 g/mol. The van der Waals surface area contributed by atoms with Gasteiger partial charge in [-0.15, -0.1) is 11.6 Å². The van der Waals surface area contributed by atoms with Crippen LogP contribution in [0.25, 0.3) is 6.08 Å². The van der Waals surface area contributed by atoms with Crippen LogP contribution in [0.1, 0.15) is 5.56 Å². The summed E-state index contributed by atoms with van der Waals surface area (Å²) in [5.74, 6) is -0.401. The number of hydrogen-bond donors (Lipinski definition) is 1. The van der Waals surface area contributed by atoms with Gasteiger partial charge in [-0.25, -0.2) is 0 Å². The van der Waals surface area contributed by atoms with Gasteiger partial charge in [-0.1, -0.05) is 30.3 Å². The van der Waals surface area contributed by atoms with E-state index in [2.05, 4.69) is 0 Å². The first-order chi connectivity index (χ1) is 9.11. The maximum absolute atomic E-state index is 12.0. The van der Waals surface area contributed by atoms with Crippen LogP contribution in [-0.4, -0.2) is 39.7 Å². The highest BCUT2D eigenvalue weighted by atomic mass is 35.5. The van der Waals surface area contributed by atoms with Crippen LogP contribution in [0.5, 0.6) is 0 Å². The van der Waals surface area contributed by atoms with Crippen molar-refractivity contribution in [3.63, 3.8) is 0 Å². The maximum Gasteiger partial charge on any atom is 0.293 e. The number of halogens is 1. The molecule has 100 valence electrons. The van der Waals surface area contributed by atoms with Gasteiger partial charge in [-0.2, -0.15) is 0 Å². The van der Waals surface area contributed by atoms with Crippen molar-refractivity contribution in [3.8, 4) is 0 Å². The molecular formula is C13H12ClNO3S. The first-order valence-electron chi connectivity index (χ1n) is 5.66.